The zero-order valence-electron chi connectivity index (χ0n) is 43.3. The highest BCUT2D eigenvalue weighted by Gasteiger charge is 2.28. The van der Waals surface area contributed by atoms with Gasteiger partial charge in [0.05, 0.1) is 19.8 Å². The topological polar surface area (TPSA) is 155 Å². The van der Waals surface area contributed by atoms with Crippen molar-refractivity contribution in [3.63, 3.8) is 0 Å². The number of unbranched alkanes of at least 4 members (excludes halogenated alkanes) is 23. The van der Waals surface area contributed by atoms with Gasteiger partial charge in [-0.3, -0.25) is 23.4 Å². The molecule has 0 fully saturated rings. The highest BCUT2D eigenvalue weighted by atomic mass is 31.2. The molecular weight excluding hydrogens is 880 g/mol. The summed E-state index contributed by atoms with van der Waals surface area (Å²) in [5.41, 5.74) is 0. The molecule has 0 bridgehead atoms. The number of hydrogen-bond donors (Lipinski definition) is 2. The highest BCUT2D eigenvalue weighted by Crippen LogP contribution is 2.43. The van der Waals surface area contributed by atoms with Crippen molar-refractivity contribution in [1.29, 1.82) is 0 Å². The maximum atomic E-state index is 12.9. The number of phosphoric ester groups is 1. The van der Waals surface area contributed by atoms with Crippen molar-refractivity contribution in [2.75, 3.05) is 26.4 Å². The SMILES string of the molecule is CC/C=C\C/C=C\C/C=C\C/C=C\CCC(=O)OC(CO)COP(=O)(O)OCC(COC(=O)CCCCCCC/C=C\CCCCCC)OC(=O)CCCCCCCCCCCCCCCCC. The summed E-state index contributed by atoms with van der Waals surface area (Å²) in [6.45, 7) is 4.43. The van der Waals surface area contributed by atoms with Crippen LogP contribution in [-0.2, 0) is 42.2 Å². The second-order valence-electron chi connectivity index (χ2n) is 18.0. The summed E-state index contributed by atoms with van der Waals surface area (Å²) in [7, 11) is -4.76. The van der Waals surface area contributed by atoms with Crippen molar-refractivity contribution in [3.05, 3.63) is 60.8 Å². The van der Waals surface area contributed by atoms with E-state index in [1.165, 1.54) is 96.3 Å². The standard InChI is InChI=1S/C56H99O11P/c1-4-7-10-13-16-19-22-25-26-29-32-35-38-41-44-47-56(60)67-53(49-63-54(58)45-42-39-36-33-30-27-23-20-17-14-11-8-5-2)51-65-68(61,62)64-50-52(48-57)66-55(59)46-43-40-37-34-31-28-24-21-18-15-12-9-6-3/h9,12,18,20-21,23,28,31,37,40,52-53,57H,4-8,10-11,13-17,19,22,24-27,29-30,32-36,38-39,41-51H2,1-3H3,(H,61,62)/b12-9-,21-18-,23-20-,31-28-,40-37-. The van der Waals surface area contributed by atoms with Gasteiger partial charge in [0.15, 0.2) is 6.10 Å². The van der Waals surface area contributed by atoms with Gasteiger partial charge in [-0.05, 0) is 70.6 Å². The zero-order chi connectivity index (χ0) is 49.9. The van der Waals surface area contributed by atoms with Gasteiger partial charge < -0.3 is 24.2 Å². The van der Waals surface area contributed by atoms with Crippen LogP contribution in [0.25, 0.3) is 0 Å². The van der Waals surface area contributed by atoms with Crippen LogP contribution in [0.4, 0.5) is 0 Å². The molecule has 0 rings (SSSR count). The first kappa shape index (κ1) is 65.2. The number of rotatable bonds is 50. The normalized spacial score (nSPS) is 13.9. The summed E-state index contributed by atoms with van der Waals surface area (Å²) in [6, 6.07) is 0. The molecule has 0 aromatic heterocycles. The summed E-state index contributed by atoms with van der Waals surface area (Å²) < 4.78 is 39.3. The number of hydrogen-bond acceptors (Lipinski definition) is 10. The third-order valence-electron chi connectivity index (χ3n) is 11.4. The van der Waals surface area contributed by atoms with Gasteiger partial charge >= 0.3 is 25.7 Å². The van der Waals surface area contributed by atoms with E-state index in [9.17, 15) is 28.9 Å². The van der Waals surface area contributed by atoms with E-state index in [2.05, 4.69) is 69.4 Å². The van der Waals surface area contributed by atoms with Crippen molar-refractivity contribution in [3.8, 4) is 0 Å². The van der Waals surface area contributed by atoms with E-state index in [1.807, 2.05) is 12.2 Å². The van der Waals surface area contributed by atoms with E-state index < -0.39 is 57.8 Å². The Kier molecular flexibility index (Phi) is 48.5. The summed E-state index contributed by atoms with van der Waals surface area (Å²) in [5, 5.41) is 9.76. The summed E-state index contributed by atoms with van der Waals surface area (Å²) >= 11 is 0. The molecule has 0 saturated carbocycles. The molecule has 0 amide bonds. The minimum absolute atomic E-state index is 0.0559. The Morgan fingerprint density at radius 2 is 0.794 bits per heavy atom. The minimum atomic E-state index is -4.76. The number of ether oxygens (including phenoxy) is 3. The van der Waals surface area contributed by atoms with Crippen LogP contribution in [-0.4, -0.2) is 66.5 Å². The molecule has 11 nitrogen and oxygen atoms in total. The fraction of sp³-hybridized carbons (Fsp3) is 0.768. The second kappa shape index (κ2) is 50.6. The van der Waals surface area contributed by atoms with Crippen LogP contribution in [0.5, 0.6) is 0 Å². The van der Waals surface area contributed by atoms with Crippen molar-refractivity contribution < 1.29 is 52.2 Å². The number of aliphatic hydroxyl groups is 1. The minimum Gasteiger partial charge on any atom is -0.462 e. The number of phosphoric acid groups is 1. The van der Waals surface area contributed by atoms with E-state index in [1.54, 1.807) is 0 Å². The van der Waals surface area contributed by atoms with Gasteiger partial charge in [0.1, 0.15) is 12.7 Å². The summed E-state index contributed by atoms with van der Waals surface area (Å²) in [5.74, 6) is -1.55. The van der Waals surface area contributed by atoms with Gasteiger partial charge in [-0.15, -0.1) is 0 Å². The Balaban J connectivity index is 4.79. The van der Waals surface area contributed by atoms with E-state index in [4.69, 9.17) is 23.3 Å². The Hall–Kier alpha value is -2.82. The van der Waals surface area contributed by atoms with Gasteiger partial charge in [0.25, 0.3) is 0 Å². The molecule has 0 heterocycles. The number of aliphatic hydroxyl groups excluding tert-OH is 1. The lowest BCUT2D eigenvalue weighted by Gasteiger charge is -2.21. The van der Waals surface area contributed by atoms with Crippen LogP contribution in [0.2, 0.25) is 0 Å². The van der Waals surface area contributed by atoms with Gasteiger partial charge in [-0.2, -0.15) is 0 Å². The fourth-order valence-corrected chi connectivity index (χ4v) is 8.09. The second-order valence-corrected chi connectivity index (χ2v) is 19.5. The molecule has 0 spiro atoms. The quantitative estimate of drug-likeness (QED) is 0.0197. The first-order valence-electron chi connectivity index (χ1n) is 27.2. The van der Waals surface area contributed by atoms with Crippen LogP contribution in [0.3, 0.4) is 0 Å². The first-order valence-corrected chi connectivity index (χ1v) is 28.7. The highest BCUT2D eigenvalue weighted by molar-refractivity contribution is 7.47. The van der Waals surface area contributed by atoms with Crippen LogP contribution in [0, 0.1) is 0 Å². The lowest BCUT2D eigenvalue weighted by Crippen LogP contribution is -2.30. The molecule has 0 aromatic rings. The average Bonchev–Trinajstić information content (AvgIpc) is 3.32. The predicted molar refractivity (Wildman–Crippen MR) is 279 cm³/mol. The molecular formula is C56H99O11P. The van der Waals surface area contributed by atoms with Gasteiger partial charge in [-0.25, -0.2) is 4.57 Å². The molecule has 0 saturated heterocycles. The maximum Gasteiger partial charge on any atom is 0.472 e. The lowest BCUT2D eigenvalue weighted by atomic mass is 10.0. The van der Waals surface area contributed by atoms with Crippen LogP contribution in [0.15, 0.2) is 60.8 Å². The Morgan fingerprint density at radius 1 is 0.426 bits per heavy atom. The van der Waals surface area contributed by atoms with Crippen molar-refractivity contribution in [2.24, 2.45) is 0 Å². The van der Waals surface area contributed by atoms with Crippen molar-refractivity contribution in [2.45, 2.75) is 251 Å². The van der Waals surface area contributed by atoms with Crippen LogP contribution >= 0.6 is 7.82 Å². The maximum absolute atomic E-state index is 12.9. The molecule has 3 unspecified atom stereocenters. The first-order chi connectivity index (χ1) is 33.2. The zero-order valence-corrected chi connectivity index (χ0v) is 44.2. The number of carbonyl (C=O) groups is 3. The number of esters is 3. The molecule has 0 radical (unpaired) electrons. The monoisotopic (exact) mass is 979 g/mol. The van der Waals surface area contributed by atoms with Crippen LogP contribution < -0.4 is 0 Å². The number of allylic oxidation sites excluding steroid dienone is 10. The van der Waals surface area contributed by atoms with E-state index in [-0.39, 0.29) is 25.9 Å². The van der Waals surface area contributed by atoms with Gasteiger partial charge in [-0.1, -0.05) is 210 Å². The van der Waals surface area contributed by atoms with E-state index in [0.717, 1.165) is 83.5 Å². The average molecular weight is 979 g/mol. The summed E-state index contributed by atoms with van der Waals surface area (Å²) in [4.78, 5) is 48.3. The predicted octanol–water partition coefficient (Wildman–Crippen LogP) is 15.6. The van der Waals surface area contributed by atoms with E-state index >= 15 is 0 Å². The van der Waals surface area contributed by atoms with Crippen molar-refractivity contribution >= 4 is 25.7 Å². The molecule has 3 atom stereocenters. The molecule has 0 aromatic carbocycles. The Morgan fingerprint density at radius 3 is 1.28 bits per heavy atom. The smallest absolute Gasteiger partial charge is 0.462 e. The number of carbonyl (C=O) groups excluding carboxylic acids is 3. The largest absolute Gasteiger partial charge is 0.472 e. The molecule has 394 valence electrons. The van der Waals surface area contributed by atoms with Crippen LogP contribution in [0.1, 0.15) is 239 Å². The Bertz CT molecular complexity index is 1370. The fourth-order valence-electron chi connectivity index (χ4n) is 7.31. The lowest BCUT2D eigenvalue weighted by molar-refractivity contribution is -0.161. The molecule has 0 aliphatic heterocycles. The molecule has 0 aliphatic rings. The molecule has 12 heteroatoms. The van der Waals surface area contributed by atoms with E-state index in [0.29, 0.717) is 19.3 Å². The molecule has 2 N–H and O–H groups in total. The van der Waals surface area contributed by atoms with Gasteiger partial charge in [0, 0.05) is 19.3 Å². The third kappa shape index (κ3) is 48.2. The third-order valence-corrected chi connectivity index (χ3v) is 12.4. The Labute approximate surface area is 415 Å². The molecule has 0 aliphatic carbocycles. The molecule has 68 heavy (non-hydrogen) atoms. The van der Waals surface area contributed by atoms with Crippen molar-refractivity contribution in [1.82, 2.24) is 0 Å². The van der Waals surface area contributed by atoms with Gasteiger partial charge in [0.2, 0.25) is 0 Å². The summed E-state index contributed by atoms with van der Waals surface area (Å²) in [6.07, 6.45) is 53.4.